The quantitative estimate of drug-likeness (QED) is 0.422. The van der Waals surface area contributed by atoms with E-state index in [9.17, 15) is 14.4 Å². The molecule has 1 aliphatic rings. The van der Waals surface area contributed by atoms with Crippen molar-refractivity contribution in [1.82, 2.24) is 10.6 Å². The molecule has 1 aliphatic carbocycles. The van der Waals surface area contributed by atoms with Gasteiger partial charge in [0.2, 0.25) is 5.91 Å². The van der Waals surface area contributed by atoms with Gasteiger partial charge in [-0.25, -0.2) is 9.59 Å². The lowest BCUT2D eigenvalue weighted by Gasteiger charge is -2.19. The Balaban J connectivity index is 1.41. The monoisotopic (exact) mass is 482 g/mol. The molecule has 8 nitrogen and oxygen atoms in total. The minimum atomic E-state index is -1.13. The van der Waals surface area contributed by atoms with Gasteiger partial charge >= 0.3 is 12.1 Å². The number of benzene rings is 2. The normalized spacial score (nSPS) is 14.8. The van der Waals surface area contributed by atoms with E-state index in [1.807, 2.05) is 31.2 Å². The molecule has 0 radical (unpaired) electrons. The van der Waals surface area contributed by atoms with Gasteiger partial charge in [0.05, 0.1) is 6.61 Å². The molecule has 35 heavy (non-hydrogen) atoms. The van der Waals surface area contributed by atoms with Crippen LogP contribution in [0.15, 0.2) is 48.5 Å². The Hall–Kier alpha value is -3.39. The maximum Gasteiger partial charge on any atom is 0.407 e. The van der Waals surface area contributed by atoms with Crippen LogP contribution in [0.5, 0.6) is 0 Å². The number of carboxylic acid groups (broad SMARTS) is 1. The standard InChI is InChI=1S/C27H34N2O6/c1-17(25(30)29-24(16-34-3)26(31)32)9-8-10-18(2)28-27(33)35-15-23-21-13-6-4-11-19(21)20-12-5-7-14-22(20)23/h4-7,11-14,17-18,23-24H,8-10,15-16H2,1-3H3,(H,28,33)(H,29,30)(H,31,32)/t17?,18?,24-/m0/s1. The van der Waals surface area contributed by atoms with E-state index in [0.29, 0.717) is 19.3 Å². The summed E-state index contributed by atoms with van der Waals surface area (Å²) in [5.74, 6) is -1.80. The van der Waals surface area contributed by atoms with Gasteiger partial charge in [-0.1, -0.05) is 61.9 Å². The van der Waals surface area contributed by atoms with E-state index < -0.39 is 18.1 Å². The van der Waals surface area contributed by atoms with Crippen LogP contribution in [0.1, 0.15) is 50.2 Å². The van der Waals surface area contributed by atoms with Gasteiger partial charge in [-0.2, -0.15) is 0 Å². The van der Waals surface area contributed by atoms with Crippen LogP contribution in [-0.2, 0) is 19.1 Å². The van der Waals surface area contributed by atoms with Crippen LogP contribution in [0.3, 0.4) is 0 Å². The van der Waals surface area contributed by atoms with Crippen molar-refractivity contribution in [2.75, 3.05) is 20.3 Å². The number of carbonyl (C=O) groups is 3. The lowest BCUT2D eigenvalue weighted by molar-refractivity contribution is -0.143. The number of hydrogen-bond acceptors (Lipinski definition) is 5. The molecular weight excluding hydrogens is 448 g/mol. The first-order valence-corrected chi connectivity index (χ1v) is 12.0. The molecule has 2 unspecified atom stereocenters. The van der Waals surface area contributed by atoms with Crippen LogP contribution in [0.4, 0.5) is 4.79 Å². The molecule has 3 atom stereocenters. The number of nitrogens with one attached hydrogen (secondary N) is 2. The molecule has 0 bridgehead atoms. The molecule has 2 amide bonds. The largest absolute Gasteiger partial charge is 0.480 e. The van der Waals surface area contributed by atoms with Crippen LogP contribution in [0.2, 0.25) is 0 Å². The highest BCUT2D eigenvalue weighted by Gasteiger charge is 2.29. The number of rotatable bonds is 12. The molecule has 0 spiro atoms. The first kappa shape index (κ1) is 26.2. The second-order valence-corrected chi connectivity index (χ2v) is 9.06. The van der Waals surface area contributed by atoms with Gasteiger partial charge < -0.3 is 25.2 Å². The zero-order valence-electron chi connectivity index (χ0n) is 20.5. The maximum absolute atomic E-state index is 12.4. The topological polar surface area (TPSA) is 114 Å². The van der Waals surface area contributed by atoms with E-state index in [0.717, 1.165) is 11.1 Å². The van der Waals surface area contributed by atoms with Crippen molar-refractivity contribution in [1.29, 1.82) is 0 Å². The van der Waals surface area contributed by atoms with Gasteiger partial charge in [-0.3, -0.25) is 4.79 Å². The number of carbonyl (C=O) groups excluding carboxylic acids is 2. The Kier molecular flexibility index (Phi) is 9.25. The molecule has 0 saturated carbocycles. The Morgan fingerprint density at radius 2 is 1.54 bits per heavy atom. The van der Waals surface area contributed by atoms with Crippen molar-refractivity contribution in [2.45, 2.75) is 51.1 Å². The number of carboxylic acids is 1. The van der Waals surface area contributed by atoms with E-state index in [2.05, 4.69) is 34.9 Å². The number of methoxy groups -OCH3 is 1. The van der Waals surface area contributed by atoms with Crippen LogP contribution in [-0.4, -0.2) is 55.5 Å². The Bertz CT molecular complexity index is 994. The summed E-state index contributed by atoms with van der Waals surface area (Å²) >= 11 is 0. The average Bonchev–Trinajstić information content (AvgIpc) is 3.16. The van der Waals surface area contributed by atoms with Crippen molar-refractivity contribution in [3.8, 4) is 11.1 Å². The number of ether oxygens (including phenoxy) is 2. The number of fused-ring (bicyclic) bond motifs is 3. The minimum absolute atomic E-state index is 0.00977. The molecule has 0 fully saturated rings. The minimum Gasteiger partial charge on any atom is -0.480 e. The van der Waals surface area contributed by atoms with Gasteiger partial charge in [0, 0.05) is 25.0 Å². The average molecular weight is 483 g/mol. The number of aliphatic carboxylic acids is 1. The molecular formula is C27H34N2O6. The Labute approximate surface area is 206 Å². The third-order valence-corrected chi connectivity index (χ3v) is 6.38. The maximum atomic E-state index is 12.4. The summed E-state index contributed by atoms with van der Waals surface area (Å²) in [6, 6.07) is 15.2. The molecule has 3 rings (SSSR count). The molecule has 2 aromatic rings. The summed E-state index contributed by atoms with van der Waals surface area (Å²) in [6.45, 7) is 3.82. The highest BCUT2D eigenvalue weighted by molar-refractivity contribution is 5.84. The predicted octanol–water partition coefficient (Wildman–Crippen LogP) is 3.94. The Morgan fingerprint density at radius 3 is 2.11 bits per heavy atom. The fraction of sp³-hybridized carbons (Fsp3) is 0.444. The predicted molar refractivity (Wildman–Crippen MR) is 132 cm³/mol. The lowest BCUT2D eigenvalue weighted by Crippen LogP contribution is -2.45. The van der Waals surface area contributed by atoms with Crippen LogP contribution in [0, 0.1) is 5.92 Å². The Morgan fingerprint density at radius 1 is 0.943 bits per heavy atom. The molecule has 0 aliphatic heterocycles. The highest BCUT2D eigenvalue weighted by atomic mass is 16.5. The smallest absolute Gasteiger partial charge is 0.407 e. The second kappa shape index (κ2) is 12.4. The van der Waals surface area contributed by atoms with E-state index in [-0.39, 0.29) is 37.0 Å². The third-order valence-electron chi connectivity index (χ3n) is 6.38. The van der Waals surface area contributed by atoms with Crippen LogP contribution >= 0.6 is 0 Å². The number of alkyl carbamates (subject to hydrolysis) is 1. The molecule has 0 heterocycles. The molecule has 2 aromatic carbocycles. The molecule has 8 heteroatoms. The highest BCUT2D eigenvalue weighted by Crippen LogP contribution is 2.44. The SMILES string of the molecule is COC[C@H](NC(=O)C(C)CCCC(C)NC(=O)OCC1c2ccccc2-c2ccccc21)C(=O)O. The van der Waals surface area contributed by atoms with Crippen molar-refractivity contribution in [2.24, 2.45) is 5.92 Å². The van der Waals surface area contributed by atoms with Crippen molar-refractivity contribution < 1.29 is 29.0 Å². The van der Waals surface area contributed by atoms with Gasteiger partial charge in [0.25, 0.3) is 0 Å². The van der Waals surface area contributed by atoms with Gasteiger partial charge in [0.15, 0.2) is 6.04 Å². The fourth-order valence-corrected chi connectivity index (χ4v) is 4.43. The van der Waals surface area contributed by atoms with Gasteiger partial charge in [-0.05, 0) is 42.0 Å². The summed E-state index contributed by atoms with van der Waals surface area (Å²) in [6.07, 6.45) is 1.47. The number of hydrogen-bond donors (Lipinski definition) is 3. The second-order valence-electron chi connectivity index (χ2n) is 9.06. The summed E-state index contributed by atoms with van der Waals surface area (Å²) in [4.78, 5) is 35.8. The molecule has 3 N–H and O–H groups in total. The first-order valence-electron chi connectivity index (χ1n) is 12.0. The van der Waals surface area contributed by atoms with E-state index in [4.69, 9.17) is 14.6 Å². The van der Waals surface area contributed by atoms with Gasteiger partial charge in [-0.15, -0.1) is 0 Å². The zero-order valence-corrected chi connectivity index (χ0v) is 20.5. The van der Waals surface area contributed by atoms with Crippen molar-refractivity contribution in [3.05, 3.63) is 59.7 Å². The van der Waals surface area contributed by atoms with E-state index in [1.54, 1.807) is 6.92 Å². The fourth-order valence-electron chi connectivity index (χ4n) is 4.43. The lowest BCUT2D eigenvalue weighted by atomic mass is 9.98. The van der Waals surface area contributed by atoms with E-state index >= 15 is 0 Å². The third kappa shape index (κ3) is 6.82. The van der Waals surface area contributed by atoms with Crippen LogP contribution in [0.25, 0.3) is 11.1 Å². The van der Waals surface area contributed by atoms with Gasteiger partial charge in [0.1, 0.15) is 6.61 Å². The summed E-state index contributed by atoms with van der Waals surface area (Å²) in [5.41, 5.74) is 4.69. The van der Waals surface area contributed by atoms with Crippen molar-refractivity contribution >= 4 is 18.0 Å². The van der Waals surface area contributed by atoms with E-state index in [1.165, 1.54) is 18.2 Å². The number of amides is 2. The van der Waals surface area contributed by atoms with Crippen molar-refractivity contribution in [3.63, 3.8) is 0 Å². The molecule has 0 aromatic heterocycles. The molecule has 188 valence electrons. The summed E-state index contributed by atoms with van der Waals surface area (Å²) < 4.78 is 10.4. The zero-order chi connectivity index (χ0) is 25.4. The summed E-state index contributed by atoms with van der Waals surface area (Å²) in [5, 5.41) is 14.5. The molecule has 0 saturated heterocycles. The summed E-state index contributed by atoms with van der Waals surface area (Å²) in [7, 11) is 1.39. The van der Waals surface area contributed by atoms with Crippen LogP contribution < -0.4 is 10.6 Å². The first-order chi connectivity index (χ1) is 16.8.